The van der Waals surface area contributed by atoms with Crippen molar-refractivity contribution in [1.82, 2.24) is 19.4 Å². The monoisotopic (exact) mass is 344 g/mol. The van der Waals surface area contributed by atoms with Crippen molar-refractivity contribution in [3.8, 4) is 11.5 Å². The molecule has 0 N–H and O–H groups in total. The normalized spacial score (nSPS) is 18.4. The Kier molecular flexibility index (Phi) is 4.26. The largest absolute Gasteiger partial charge is 0.371 e. The molecule has 2 aromatic heterocycles. The van der Waals surface area contributed by atoms with Crippen molar-refractivity contribution in [3.63, 3.8) is 0 Å². The maximum absolute atomic E-state index is 5.62. The van der Waals surface area contributed by atoms with Crippen molar-refractivity contribution in [1.29, 1.82) is 0 Å². The first-order valence-electron chi connectivity index (χ1n) is 8.87. The zero-order valence-electron chi connectivity index (χ0n) is 14.2. The third kappa shape index (κ3) is 2.81. The molecule has 2 fully saturated rings. The molecule has 0 atom stereocenters. The predicted octanol–water partition coefficient (Wildman–Crippen LogP) is 2.74. The summed E-state index contributed by atoms with van der Waals surface area (Å²) in [6.07, 6.45) is 8.13. The molecule has 24 heavy (non-hydrogen) atoms. The fraction of sp³-hybridized carbons (Fsp3) is 0.588. The highest BCUT2D eigenvalue weighted by atomic mass is 32.1. The van der Waals surface area contributed by atoms with Crippen LogP contribution in [-0.4, -0.2) is 45.6 Å². The van der Waals surface area contributed by atoms with Gasteiger partial charge in [0.2, 0.25) is 4.77 Å². The molecule has 0 amide bonds. The molecule has 0 aliphatic carbocycles. The van der Waals surface area contributed by atoms with E-state index in [1.54, 1.807) is 4.68 Å². The van der Waals surface area contributed by atoms with E-state index >= 15 is 0 Å². The Morgan fingerprint density at radius 1 is 1.00 bits per heavy atom. The van der Waals surface area contributed by atoms with Gasteiger partial charge in [-0.2, -0.15) is 0 Å². The Bertz CT molecular complexity index is 768. The second-order valence-corrected chi connectivity index (χ2v) is 7.01. The molecule has 0 unspecified atom stereocenters. The van der Waals surface area contributed by atoms with Crippen LogP contribution in [0.5, 0.6) is 0 Å². The minimum absolute atomic E-state index is 0.736. The smallest absolute Gasteiger partial charge is 0.217 e. The molecule has 7 heteroatoms. The molecular weight excluding hydrogens is 320 g/mol. The zero-order valence-corrected chi connectivity index (χ0v) is 15.0. The molecule has 2 aliphatic heterocycles. The summed E-state index contributed by atoms with van der Waals surface area (Å²) in [5.41, 5.74) is 2.14. The van der Waals surface area contributed by atoms with Gasteiger partial charge in [-0.1, -0.05) is 0 Å². The van der Waals surface area contributed by atoms with Crippen molar-refractivity contribution in [3.05, 3.63) is 23.1 Å². The van der Waals surface area contributed by atoms with E-state index < -0.39 is 0 Å². The second-order valence-electron chi connectivity index (χ2n) is 6.65. The molecular formula is C17H24N6S. The highest BCUT2D eigenvalue weighted by molar-refractivity contribution is 7.71. The van der Waals surface area contributed by atoms with Crippen molar-refractivity contribution in [2.45, 2.75) is 32.1 Å². The Labute approximate surface area is 147 Å². The first-order valence-corrected chi connectivity index (χ1v) is 9.27. The third-order valence-corrected chi connectivity index (χ3v) is 5.40. The molecule has 0 spiro atoms. The van der Waals surface area contributed by atoms with Gasteiger partial charge in [0.15, 0.2) is 5.82 Å². The van der Waals surface area contributed by atoms with Crippen molar-refractivity contribution in [2.75, 3.05) is 36.1 Å². The lowest BCUT2D eigenvalue weighted by atomic mass is 10.2. The number of hydrogen-bond donors (Lipinski definition) is 0. The zero-order chi connectivity index (χ0) is 16.5. The second kappa shape index (κ2) is 6.55. The molecule has 128 valence electrons. The Hall–Kier alpha value is -1.89. The summed E-state index contributed by atoms with van der Waals surface area (Å²) >= 11 is 5.62. The van der Waals surface area contributed by atoms with Gasteiger partial charge in [-0.25, -0.2) is 9.36 Å². The third-order valence-electron chi connectivity index (χ3n) is 4.96. The number of nitrogens with zero attached hydrogens (tertiary/aromatic N) is 6. The molecule has 4 heterocycles. The molecule has 2 aliphatic rings. The van der Waals surface area contributed by atoms with Crippen LogP contribution in [0.25, 0.3) is 11.5 Å². The van der Waals surface area contributed by atoms with Gasteiger partial charge < -0.3 is 9.91 Å². The topological polar surface area (TPSA) is 42.1 Å². The maximum Gasteiger partial charge on any atom is 0.217 e. The fourth-order valence-corrected chi connectivity index (χ4v) is 3.90. The average Bonchev–Trinajstić information content (AvgIpc) is 3.25. The van der Waals surface area contributed by atoms with Crippen LogP contribution in [0.4, 0.5) is 5.69 Å². The van der Waals surface area contributed by atoms with Gasteiger partial charge in [-0.15, -0.1) is 5.10 Å². The molecule has 6 nitrogen and oxygen atoms in total. The molecule has 2 saturated heterocycles. The molecule has 0 bridgehead atoms. The van der Waals surface area contributed by atoms with Gasteiger partial charge in [0.25, 0.3) is 0 Å². The lowest BCUT2D eigenvalue weighted by molar-refractivity contribution is 0.475. The molecule has 0 saturated carbocycles. The minimum Gasteiger partial charge on any atom is -0.371 e. The summed E-state index contributed by atoms with van der Waals surface area (Å²) in [4.78, 5) is 7.02. The van der Waals surface area contributed by atoms with Gasteiger partial charge in [-0.05, 0) is 56.5 Å². The number of rotatable bonds is 3. The van der Waals surface area contributed by atoms with E-state index in [0.29, 0.717) is 0 Å². The van der Waals surface area contributed by atoms with Crippen LogP contribution in [0.1, 0.15) is 32.1 Å². The molecule has 2 aromatic rings. The van der Waals surface area contributed by atoms with Crippen LogP contribution in [-0.2, 0) is 7.05 Å². The highest BCUT2D eigenvalue weighted by Crippen LogP contribution is 2.25. The number of hydrogen-bond acceptors (Lipinski definition) is 5. The average molecular weight is 344 g/mol. The Morgan fingerprint density at radius 3 is 2.46 bits per heavy atom. The minimum atomic E-state index is 0.736. The van der Waals surface area contributed by atoms with Crippen molar-refractivity contribution < 1.29 is 0 Å². The van der Waals surface area contributed by atoms with Crippen LogP contribution in [0, 0.1) is 4.77 Å². The van der Waals surface area contributed by atoms with Crippen LogP contribution >= 0.6 is 12.2 Å². The lowest BCUT2D eigenvalue weighted by Crippen LogP contribution is -2.39. The van der Waals surface area contributed by atoms with E-state index in [9.17, 15) is 0 Å². The van der Waals surface area contributed by atoms with Crippen LogP contribution in [0.2, 0.25) is 0 Å². The quantitative estimate of drug-likeness (QED) is 0.801. The first kappa shape index (κ1) is 15.6. The Balaban J connectivity index is 1.75. The van der Waals surface area contributed by atoms with Gasteiger partial charge in [0, 0.05) is 45.1 Å². The van der Waals surface area contributed by atoms with Crippen LogP contribution in [0.3, 0.4) is 0 Å². The first-order chi connectivity index (χ1) is 11.7. The number of pyridine rings is 1. The number of aromatic nitrogens is 4. The summed E-state index contributed by atoms with van der Waals surface area (Å²) < 4.78 is 4.61. The predicted molar refractivity (Wildman–Crippen MR) is 98.5 cm³/mol. The summed E-state index contributed by atoms with van der Waals surface area (Å²) in [7, 11) is 1.91. The highest BCUT2D eigenvalue weighted by Gasteiger charge is 2.21. The van der Waals surface area contributed by atoms with E-state index in [2.05, 4.69) is 36.8 Å². The summed E-state index contributed by atoms with van der Waals surface area (Å²) in [5.74, 6) is 0.852. The summed E-state index contributed by atoms with van der Waals surface area (Å²) in [6, 6.07) is 4.25. The molecule has 0 aromatic carbocycles. The van der Waals surface area contributed by atoms with Crippen LogP contribution < -0.4 is 9.91 Å². The van der Waals surface area contributed by atoms with Gasteiger partial charge >= 0.3 is 0 Å². The van der Waals surface area contributed by atoms with Crippen LogP contribution in [0.15, 0.2) is 18.3 Å². The van der Waals surface area contributed by atoms with Crippen molar-refractivity contribution >= 4 is 17.9 Å². The number of aryl methyl sites for hydroxylation is 1. The fourth-order valence-electron chi connectivity index (χ4n) is 3.66. The van der Waals surface area contributed by atoms with E-state index in [0.717, 1.165) is 42.5 Å². The van der Waals surface area contributed by atoms with E-state index in [4.69, 9.17) is 12.2 Å². The summed E-state index contributed by atoms with van der Waals surface area (Å²) in [5, 5.41) is 6.99. The Morgan fingerprint density at radius 2 is 1.71 bits per heavy atom. The van der Waals surface area contributed by atoms with Gasteiger partial charge in [0.05, 0.1) is 0 Å². The number of anilines is 1. The van der Waals surface area contributed by atoms with Gasteiger partial charge in [-0.3, -0.25) is 4.98 Å². The van der Waals surface area contributed by atoms with Crippen molar-refractivity contribution in [2.24, 2.45) is 7.05 Å². The standard InChI is InChI=1S/C17H24N6S/c1-20-17(24)23(22-11-3-2-4-12-22)16(19-20)15-13-14(7-8-18-15)21-9-5-6-10-21/h7-8,13H,2-6,9-12H2,1H3. The van der Waals surface area contributed by atoms with Gasteiger partial charge in [0.1, 0.15) is 5.69 Å². The maximum atomic E-state index is 5.62. The summed E-state index contributed by atoms with van der Waals surface area (Å²) in [6.45, 7) is 4.31. The SMILES string of the molecule is Cn1nc(-c2cc(N3CCCC3)ccn2)n(N2CCCCC2)c1=S. The van der Waals surface area contributed by atoms with E-state index in [-0.39, 0.29) is 0 Å². The van der Waals surface area contributed by atoms with E-state index in [1.165, 1.54) is 37.8 Å². The van der Waals surface area contributed by atoms with E-state index in [1.807, 2.05) is 13.2 Å². The molecule has 0 radical (unpaired) electrons. The molecule has 4 rings (SSSR count). The lowest BCUT2D eigenvalue weighted by Gasteiger charge is -2.30. The number of piperidine rings is 1.